The van der Waals surface area contributed by atoms with Crippen LogP contribution in [0.4, 0.5) is 17.2 Å². The fourth-order valence-electron chi connectivity index (χ4n) is 3.08. The van der Waals surface area contributed by atoms with Crippen molar-refractivity contribution in [3.05, 3.63) is 62.8 Å². The van der Waals surface area contributed by atoms with Crippen molar-refractivity contribution in [1.29, 1.82) is 0 Å². The third kappa shape index (κ3) is 3.64. The van der Waals surface area contributed by atoms with Gasteiger partial charge in [0.25, 0.3) is 0 Å². The minimum Gasteiger partial charge on any atom is -0.365 e. The molecule has 1 aromatic heterocycles. The number of hydrogen-bond donors (Lipinski definition) is 1. The molecule has 8 heteroatoms. The number of halogens is 1. The number of nitro groups is 1. The molecule has 1 aromatic carbocycles. The second kappa shape index (κ2) is 7.00. The number of pyridine rings is 1. The van der Waals surface area contributed by atoms with Crippen LogP contribution in [-0.4, -0.2) is 28.7 Å². The van der Waals surface area contributed by atoms with Crippen LogP contribution in [-0.2, 0) is 0 Å². The molecule has 2 aromatic rings. The second-order valence-electron chi connectivity index (χ2n) is 6.93. The summed E-state index contributed by atoms with van der Waals surface area (Å²) in [6, 6.07) is 6.75. The quantitative estimate of drug-likeness (QED) is 0.467. The van der Waals surface area contributed by atoms with Crippen molar-refractivity contribution in [2.24, 2.45) is 5.10 Å². The summed E-state index contributed by atoms with van der Waals surface area (Å²) >= 11 is 6.44. The first kappa shape index (κ1) is 18.8. The average Bonchev–Trinajstić information content (AvgIpc) is 2.60. The Labute approximate surface area is 162 Å². The molecule has 1 aliphatic heterocycles. The molecule has 140 valence electrons. The number of hydrazone groups is 1. The number of allylic oxidation sites excluding steroid dienone is 1. The smallest absolute Gasteiger partial charge is 0.313 e. The maximum absolute atomic E-state index is 11.0. The van der Waals surface area contributed by atoms with Crippen LogP contribution in [0, 0.1) is 10.1 Å². The summed E-state index contributed by atoms with van der Waals surface area (Å²) < 4.78 is 0. The van der Waals surface area contributed by atoms with E-state index in [9.17, 15) is 10.1 Å². The van der Waals surface area contributed by atoms with Crippen LogP contribution in [0.3, 0.4) is 0 Å². The molecule has 3 rings (SSSR count). The maximum Gasteiger partial charge on any atom is 0.313 e. The molecular formula is C19H20ClN5O2. The summed E-state index contributed by atoms with van der Waals surface area (Å²) in [6.45, 7) is 6.36. The molecule has 0 bridgehead atoms. The predicted molar refractivity (Wildman–Crippen MR) is 110 cm³/mol. The van der Waals surface area contributed by atoms with Gasteiger partial charge >= 0.3 is 5.69 Å². The summed E-state index contributed by atoms with van der Waals surface area (Å²) in [4.78, 5) is 16.6. The highest BCUT2D eigenvalue weighted by Crippen LogP contribution is 2.40. The first-order valence-corrected chi connectivity index (χ1v) is 8.74. The molecule has 7 nitrogen and oxygen atoms in total. The van der Waals surface area contributed by atoms with Crippen molar-refractivity contribution in [1.82, 2.24) is 4.98 Å². The molecule has 0 radical (unpaired) electrons. The predicted octanol–water partition coefficient (Wildman–Crippen LogP) is 4.72. The second-order valence-corrected chi connectivity index (χ2v) is 7.34. The van der Waals surface area contributed by atoms with Gasteiger partial charge in [-0.25, -0.2) is 4.98 Å². The zero-order chi connectivity index (χ0) is 19.8. The largest absolute Gasteiger partial charge is 0.365 e. The Morgan fingerprint density at radius 2 is 2.15 bits per heavy atom. The van der Waals surface area contributed by atoms with Gasteiger partial charge in [-0.3, -0.25) is 15.5 Å². The van der Waals surface area contributed by atoms with Crippen molar-refractivity contribution < 1.29 is 4.92 Å². The van der Waals surface area contributed by atoms with Gasteiger partial charge in [0.1, 0.15) is 0 Å². The molecule has 0 atom stereocenters. The van der Waals surface area contributed by atoms with Crippen molar-refractivity contribution >= 4 is 40.6 Å². The highest BCUT2D eigenvalue weighted by molar-refractivity contribution is 6.33. The van der Waals surface area contributed by atoms with Crippen molar-refractivity contribution in [3.63, 3.8) is 0 Å². The van der Waals surface area contributed by atoms with Crippen molar-refractivity contribution in [2.75, 3.05) is 17.4 Å². The number of aromatic nitrogens is 1. The van der Waals surface area contributed by atoms with Crippen LogP contribution in [0.1, 0.15) is 31.9 Å². The van der Waals surface area contributed by atoms with Gasteiger partial charge < -0.3 is 4.90 Å². The topological polar surface area (TPSA) is 83.7 Å². The van der Waals surface area contributed by atoms with E-state index in [0.717, 1.165) is 16.8 Å². The molecule has 1 N–H and O–H groups in total. The molecule has 27 heavy (non-hydrogen) atoms. The van der Waals surface area contributed by atoms with Crippen LogP contribution in [0.15, 0.2) is 41.6 Å². The van der Waals surface area contributed by atoms with Crippen LogP contribution < -0.4 is 10.3 Å². The fourth-order valence-corrected chi connectivity index (χ4v) is 3.29. The third-order valence-electron chi connectivity index (χ3n) is 4.69. The Morgan fingerprint density at radius 3 is 2.85 bits per heavy atom. The lowest BCUT2D eigenvalue weighted by Crippen LogP contribution is -2.42. The van der Waals surface area contributed by atoms with Gasteiger partial charge in [0, 0.05) is 36.1 Å². The number of anilines is 2. The Kier molecular flexibility index (Phi) is 4.89. The molecule has 0 fully saturated rings. The molecule has 1 aliphatic rings. The number of nitrogens with one attached hydrogen (secondary N) is 1. The molecular weight excluding hydrogens is 366 g/mol. The highest BCUT2D eigenvalue weighted by Gasteiger charge is 2.29. The van der Waals surface area contributed by atoms with Gasteiger partial charge in [-0.05, 0) is 44.5 Å². The van der Waals surface area contributed by atoms with Gasteiger partial charge in [0.05, 0.1) is 21.7 Å². The van der Waals surface area contributed by atoms with Gasteiger partial charge in [-0.1, -0.05) is 17.7 Å². The molecule has 0 spiro atoms. The zero-order valence-electron chi connectivity index (χ0n) is 15.5. The van der Waals surface area contributed by atoms with E-state index in [0.29, 0.717) is 10.6 Å². The monoisotopic (exact) mass is 385 g/mol. The third-order valence-corrected chi connectivity index (χ3v) is 5.02. The first-order chi connectivity index (χ1) is 12.7. The van der Waals surface area contributed by atoms with Crippen LogP contribution in [0.25, 0.3) is 5.57 Å². The summed E-state index contributed by atoms with van der Waals surface area (Å²) in [6.07, 6.45) is 5.20. The summed E-state index contributed by atoms with van der Waals surface area (Å²) in [5.41, 5.74) is 6.37. The summed E-state index contributed by atoms with van der Waals surface area (Å²) in [7, 11) is 2.04. The van der Waals surface area contributed by atoms with Gasteiger partial charge in [-0.2, -0.15) is 5.10 Å². The van der Waals surface area contributed by atoms with Gasteiger partial charge in [0.2, 0.25) is 5.82 Å². The summed E-state index contributed by atoms with van der Waals surface area (Å²) in [5.74, 6) is 0.0744. The van der Waals surface area contributed by atoms with E-state index < -0.39 is 4.92 Å². The lowest BCUT2D eigenvalue weighted by atomic mass is 9.88. The number of likely N-dealkylation sites (N-methyl/N-ethyl adjacent to an activating group) is 1. The van der Waals surface area contributed by atoms with Crippen LogP contribution in [0.2, 0.25) is 5.02 Å². The SMILES string of the molecule is CC1=CC(C)(C)N(C)c2cc(Cl)c(/C=N\Nc3ncccc3[N+](=O)[O-])cc21. The van der Waals surface area contributed by atoms with E-state index in [4.69, 9.17) is 11.6 Å². The van der Waals surface area contributed by atoms with E-state index >= 15 is 0 Å². The molecule has 0 unspecified atom stereocenters. The Bertz CT molecular complexity index is 969. The lowest BCUT2D eigenvalue weighted by molar-refractivity contribution is -0.384. The van der Waals surface area contributed by atoms with Gasteiger partial charge in [-0.15, -0.1) is 0 Å². The zero-order valence-corrected chi connectivity index (χ0v) is 16.3. The van der Waals surface area contributed by atoms with Crippen LogP contribution in [0.5, 0.6) is 0 Å². The number of nitrogens with zero attached hydrogens (tertiary/aromatic N) is 4. The normalized spacial score (nSPS) is 15.4. The number of fused-ring (bicyclic) bond motifs is 1. The van der Waals surface area contributed by atoms with E-state index in [2.05, 4.69) is 47.3 Å². The number of hydrogen-bond acceptors (Lipinski definition) is 6. The molecule has 0 aliphatic carbocycles. The fraction of sp³-hybridized carbons (Fsp3) is 0.263. The van der Waals surface area contributed by atoms with E-state index in [1.54, 1.807) is 0 Å². The Hall–Kier alpha value is -2.93. The van der Waals surface area contributed by atoms with Crippen molar-refractivity contribution in [3.8, 4) is 0 Å². The van der Waals surface area contributed by atoms with Crippen LogP contribution >= 0.6 is 11.6 Å². The molecule has 0 saturated heterocycles. The Balaban J connectivity index is 1.91. The molecule has 0 amide bonds. The standard InChI is InChI=1S/C19H20ClN5O2/c1-12-10-19(2,3)24(4)17-9-15(20)13(8-14(12)17)11-22-23-18-16(25(26)27)6-5-7-21-18/h5-11H,1-4H3,(H,21,23)/b22-11-. The van der Waals surface area contributed by atoms with Gasteiger partial charge in [0.15, 0.2) is 0 Å². The molecule has 2 heterocycles. The lowest BCUT2D eigenvalue weighted by Gasteiger charge is -2.40. The minimum atomic E-state index is -0.511. The number of rotatable bonds is 4. The average molecular weight is 386 g/mol. The molecule has 0 saturated carbocycles. The van der Waals surface area contributed by atoms with Crippen molar-refractivity contribution in [2.45, 2.75) is 26.3 Å². The maximum atomic E-state index is 11.0. The summed E-state index contributed by atoms with van der Waals surface area (Å²) in [5, 5.41) is 15.7. The van der Waals surface area contributed by atoms with E-state index in [1.807, 2.05) is 19.2 Å². The van der Waals surface area contributed by atoms with E-state index in [1.165, 1.54) is 24.5 Å². The minimum absolute atomic E-state index is 0.0744. The first-order valence-electron chi connectivity index (χ1n) is 8.36. The Morgan fingerprint density at radius 1 is 1.41 bits per heavy atom. The number of benzene rings is 1. The highest BCUT2D eigenvalue weighted by atomic mass is 35.5. The van der Waals surface area contributed by atoms with E-state index in [-0.39, 0.29) is 17.0 Å².